The molecule has 0 saturated carbocycles. The summed E-state index contributed by atoms with van der Waals surface area (Å²) in [4.78, 5) is 0. The number of aryl methyl sites for hydroxylation is 1. The monoisotopic (exact) mass is 262 g/mol. The predicted molar refractivity (Wildman–Crippen MR) is 57.5 cm³/mol. The van der Waals surface area contributed by atoms with E-state index < -0.39 is 0 Å². The zero-order valence-corrected chi connectivity index (χ0v) is 10.5. The lowest BCUT2D eigenvalue weighted by molar-refractivity contribution is 1.29. The van der Waals surface area contributed by atoms with Crippen molar-refractivity contribution in [3.05, 3.63) is 32.9 Å². The second-order valence-electron chi connectivity index (χ2n) is 2.42. The summed E-state index contributed by atoms with van der Waals surface area (Å²) in [6.07, 6.45) is 0. The molecule has 0 heterocycles. The Morgan fingerprint density at radius 1 is 1.50 bits per heavy atom. The molecule has 0 radical (unpaired) electrons. The molecule has 0 unspecified atom stereocenters. The molecule has 0 saturated heterocycles. The molecule has 0 nitrogen and oxygen atoms in total. The van der Waals surface area contributed by atoms with Crippen LogP contribution in [-0.4, -0.2) is 10.2 Å². The first-order valence-electron chi connectivity index (χ1n) is 3.49. The minimum absolute atomic E-state index is 1.27. The quantitative estimate of drug-likeness (QED) is 0.531. The van der Waals surface area contributed by atoms with Crippen LogP contribution >= 0.6 is 22.6 Å². The van der Waals surface area contributed by atoms with E-state index in [0.29, 0.717) is 0 Å². The average molecular weight is 262 g/mol. The molecule has 10 heavy (non-hydrogen) atoms. The number of halogens is 1. The molecule has 1 aromatic rings. The third kappa shape index (κ3) is 1.82. The van der Waals surface area contributed by atoms with Gasteiger partial charge in [-0.3, -0.25) is 0 Å². The van der Waals surface area contributed by atoms with Gasteiger partial charge in [-0.15, -0.1) is 0 Å². The smallest absolute Gasteiger partial charge is 0.0133 e. The summed E-state index contributed by atoms with van der Waals surface area (Å²) in [7, 11) is 1.27. The van der Waals surface area contributed by atoms with E-state index in [2.05, 4.69) is 47.7 Å². The molecule has 0 aliphatic rings. The van der Waals surface area contributed by atoms with Gasteiger partial charge in [-0.05, 0) is 58.8 Å². The van der Waals surface area contributed by atoms with Crippen LogP contribution in [0.2, 0.25) is 0 Å². The molecular weight excluding hydrogens is 251 g/mol. The Bertz CT molecular complexity index is 233. The highest BCUT2D eigenvalue weighted by Gasteiger charge is 1.94. The van der Waals surface area contributed by atoms with Crippen LogP contribution in [0.15, 0.2) is 18.2 Å². The van der Waals surface area contributed by atoms with Gasteiger partial charge in [0, 0.05) is 13.8 Å². The Morgan fingerprint density at radius 2 is 2.20 bits per heavy atom. The zero-order valence-electron chi connectivity index (χ0n) is 6.32. The normalized spacial score (nSPS) is 10.2. The van der Waals surface area contributed by atoms with E-state index in [0.717, 1.165) is 0 Å². The molecule has 0 aliphatic carbocycles. The lowest BCUT2D eigenvalue weighted by Crippen LogP contribution is -1.88. The van der Waals surface area contributed by atoms with Crippen molar-refractivity contribution in [2.24, 2.45) is 0 Å². The molecular formula is C8H11ISi. The van der Waals surface area contributed by atoms with E-state index in [1.54, 1.807) is 0 Å². The maximum atomic E-state index is 2.36. The van der Waals surface area contributed by atoms with Crippen LogP contribution in [0.1, 0.15) is 11.1 Å². The van der Waals surface area contributed by atoms with E-state index >= 15 is 0 Å². The van der Waals surface area contributed by atoms with Crippen molar-refractivity contribution < 1.29 is 0 Å². The number of hydrogen-bond donors (Lipinski definition) is 0. The van der Waals surface area contributed by atoms with E-state index in [-0.39, 0.29) is 0 Å². The Hall–Kier alpha value is 0.167. The van der Waals surface area contributed by atoms with Gasteiger partial charge in [-0.1, -0.05) is 6.07 Å². The molecule has 0 aromatic heterocycles. The van der Waals surface area contributed by atoms with Gasteiger partial charge in [0.05, 0.1) is 0 Å². The Kier molecular flexibility index (Phi) is 2.91. The van der Waals surface area contributed by atoms with Crippen molar-refractivity contribution in [2.45, 2.75) is 13.0 Å². The van der Waals surface area contributed by atoms with Crippen molar-refractivity contribution in [1.82, 2.24) is 0 Å². The second kappa shape index (κ2) is 3.53. The predicted octanol–water partition coefficient (Wildman–Crippen LogP) is 1.47. The van der Waals surface area contributed by atoms with Crippen LogP contribution in [-0.2, 0) is 6.04 Å². The summed E-state index contributed by atoms with van der Waals surface area (Å²) < 4.78 is 1.36. The fourth-order valence-corrected chi connectivity index (χ4v) is 2.34. The van der Waals surface area contributed by atoms with Gasteiger partial charge < -0.3 is 0 Å². The van der Waals surface area contributed by atoms with Crippen LogP contribution in [0.5, 0.6) is 0 Å². The summed E-state index contributed by atoms with van der Waals surface area (Å²) in [6.45, 7) is 2.18. The molecule has 0 fully saturated rings. The van der Waals surface area contributed by atoms with Gasteiger partial charge in [0.15, 0.2) is 0 Å². The van der Waals surface area contributed by atoms with Crippen LogP contribution in [0.3, 0.4) is 0 Å². The topological polar surface area (TPSA) is 0 Å². The molecule has 1 rings (SSSR count). The van der Waals surface area contributed by atoms with Crippen LogP contribution in [0.25, 0.3) is 0 Å². The summed E-state index contributed by atoms with van der Waals surface area (Å²) in [6, 6.07) is 7.93. The number of rotatable bonds is 1. The molecule has 0 amide bonds. The van der Waals surface area contributed by atoms with Crippen LogP contribution in [0, 0.1) is 10.5 Å². The lowest BCUT2D eigenvalue weighted by Gasteiger charge is -2.01. The summed E-state index contributed by atoms with van der Waals surface area (Å²) >= 11 is 2.36. The molecule has 0 aliphatic heterocycles. The molecule has 0 spiro atoms. The van der Waals surface area contributed by atoms with Gasteiger partial charge in [0.25, 0.3) is 0 Å². The largest absolute Gasteiger partial charge is 0.0580 e. The summed E-state index contributed by atoms with van der Waals surface area (Å²) in [5.41, 5.74) is 2.97. The minimum Gasteiger partial charge on any atom is -0.0580 e. The highest BCUT2D eigenvalue weighted by molar-refractivity contribution is 14.1. The van der Waals surface area contributed by atoms with Crippen molar-refractivity contribution in [2.75, 3.05) is 0 Å². The number of hydrogen-bond acceptors (Lipinski definition) is 0. The molecule has 2 heteroatoms. The van der Waals surface area contributed by atoms with E-state index in [1.165, 1.54) is 31.0 Å². The zero-order chi connectivity index (χ0) is 7.56. The SMILES string of the molecule is Cc1ccc(I)cc1C[SiH3]. The van der Waals surface area contributed by atoms with Crippen molar-refractivity contribution in [1.29, 1.82) is 0 Å². The Morgan fingerprint density at radius 3 is 2.70 bits per heavy atom. The third-order valence-corrected chi connectivity index (χ3v) is 3.12. The minimum atomic E-state index is 1.27. The van der Waals surface area contributed by atoms with Gasteiger partial charge in [0.2, 0.25) is 0 Å². The van der Waals surface area contributed by atoms with Gasteiger partial charge in [-0.2, -0.15) is 0 Å². The molecule has 0 bridgehead atoms. The van der Waals surface area contributed by atoms with Gasteiger partial charge in [0.1, 0.15) is 0 Å². The first-order valence-corrected chi connectivity index (χ1v) is 5.98. The summed E-state index contributed by atoms with van der Waals surface area (Å²) in [5, 5.41) is 0. The van der Waals surface area contributed by atoms with Crippen LogP contribution < -0.4 is 0 Å². The maximum absolute atomic E-state index is 2.36. The van der Waals surface area contributed by atoms with E-state index in [4.69, 9.17) is 0 Å². The van der Waals surface area contributed by atoms with Gasteiger partial charge in [-0.25, -0.2) is 0 Å². The van der Waals surface area contributed by atoms with Crippen molar-refractivity contribution >= 4 is 32.8 Å². The Labute approximate surface area is 78.6 Å². The average Bonchev–Trinajstić information content (AvgIpc) is 1.94. The first kappa shape index (κ1) is 8.27. The standard InChI is InChI=1S/C8H11ISi/c1-6-2-3-8(9)4-7(6)5-10/h2-4H,5H2,1,10H3. The van der Waals surface area contributed by atoms with Gasteiger partial charge >= 0.3 is 0 Å². The molecule has 0 N–H and O–H groups in total. The molecule has 54 valence electrons. The highest BCUT2D eigenvalue weighted by Crippen LogP contribution is 2.12. The van der Waals surface area contributed by atoms with Crippen molar-refractivity contribution in [3.8, 4) is 0 Å². The highest BCUT2D eigenvalue weighted by atomic mass is 127. The Balaban J connectivity index is 3.09. The number of benzene rings is 1. The molecule has 1 aromatic carbocycles. The van der Waals surface area contributed by atoms with E-state index in [1.807, 2.05) is 0 Å². The fraction of sp³-hybridized carbons (Fsp3) is 0.250. The summed E-state index contributed by atoms with van der Waals surface area (Å²) in [5.74, 6) is 0. The van der Waals surface area contributed by atoms with Crippen LogP contribution in [0.4, 0.5) is 0 Å². The lowest BCUT2D eigenvalue weighted by atomic mass is 10.1. The maximum Gasteiger partial charge on any atom is 0.0133 e. The van der Waals surface area contributed by atoms with Crippen molar-refractivity contribution in [3.63, 3.8) is 0 Å². The first-order chi connectivity index (χ1) is 4.74. The van der Waals surface area contributed by atoms with E-state index in [9.17, 15) is 0 Å². The second-order valence-corrected chi connectivity index (χ2v) is 4.38. The third-order valence-electron chi connectivity index (χ3n) is 1.69. The fourth-order valence-electron chi connectivity index (χ4n) is 1.02. The molecule has 0 atom stereocenters.